The molecule has 0 radical (unpaired) electrons. The monoisotopic (exact) mass is 352 g/mol. The molecular formula is C15H17BrN2O3. The van der Waals surface area contributed by atoms with Crippen molar-refractivity contribution in [3.05, 3.63) is 27.7 Å². The molecule has 0 saturated carbocycles. The van der Waals surface area contributed by atoms with Crippen LogP contribution in [0.15, 0.2) is 16.6 Å². The van der Waals surface area contributed by atoms with Gasteiger partial charge in [-0.15, -0.1) is 0 Å². The second-order valence-electron chi connectivity index (χ2n) is 5.52. The van der Waals surface area contributed by atoms with Crippen molar-refractivity contribution in [1.29, 1.82) is 0 Å². The number of rotatable bonds is 2. The summed E-state index contributed by atoms with van der Waals surface area (Å²) in [7, 11) is 0. The van der Waals surface area contributed by atoms with Gasteiger partial charge in [-0.05, 0) is 31.5 Å². The zero-order chi connectivity index (χ0) is 15.1. The first kappa shape index (κ1) is 14.4. The lowest BCUT2D eigenvalue weighted by Gasteiger charge is -2.36. The van der Waals surface area contributed by atoms with E-state index in [0.29, 0.717) is 13.2 Å². The molecule has 112 valence electrons. The molecule has 21 heavy (non-hydrogen) atoms. The summed E-state index contributed by atoms with van der Waals surface area (Å²) in [6.45, 7) is 4.51. The molecule has 1 aromatic rings. The van der Waals surface area contributed by atoms with E-state index in [-0.39, 0.29) is 11.8 Å². The van der Waals surface area contributed by atoms with Crippen LogP contribution in [0, 0.1) is 0 Å². The van der Waals surface area contributed by atoms with Crippen LogP contribution in [0.2, 0.25) is 0 Å². The lowest BCUT2D eigenvalue weighted by Crippen LogP contribution is -2.60. The third-order valence-corrected chi connectivity index (χ3v) is 4.48. The van der Waals surface area contributed by atoms with Gasteiger partial charge in [0, 0.05) is 16.5 Å². The number of benzene rings is 1. The maximum atomic E-state index is 12.3. The Morgan fingerprint density at radius 1 is 1.38 bits per heavy atom. The molecule has 1 saturated heterocycles. The molecule has 2 aliphatic rings. The zero-order valence-corrected chi connectivity index (χ0v) is 13.6. The molecule has 1 N–H and O–H groups in total. The van der Waals surface area contributed by atoms with Gasteiger partial charge in [0.15, 0.2) is 0 Å². The fourth-order valence-electron chi connectivity index (χ4n) is 2.84. The van der Waals surface area contributed by atoms with Crippen molar-refractivity contribution in [3.63, 3.8) is 0 Å². The maximum Gasteiger partial charge on any atom is 0.245 e. The first-order chi connectivity index (χ1) is 9.97. The lowest BCUT2D eigenvalue weighted by molar-refractivity contribution is -0.148. The van der Waals surface area contributed by atoms with Gasteiger partial charge in [0.1, 0.15) is 17.8 Å². The van der Waals surface area contributed by atoms with E-state index in [1.807, 2.05) is 12.1 Å². The summed E-state index contributed by atoms with van der Waals surface area (Å²) < 4.78 is 6.66. The normalized spacial score (nSPS) is 24.6. The highest BCUT2D eigenvalue weighted by molar-refractivity contribution is 9.10. The lowest BCUT2D eigenvalue weighted by atomic mass is 10.0. The number of nitrogens with one attached hydrogen (secondary N) is 1. The van der Waals surface area contributed by atoms with Crippen LogP contribution in [-0.4, -0.2) is 35.4 Å². The number of nitrogens with zero attached hydrogens (tertiary/aromatic N) is 1. The first-order valence-electron chi connectivity index (χ1n) is 7.02. The molecule has 2 heterocycles. The molecule has 2 aliphatic heterocycles. The summed E-state index contributed by atoms with van der Waals surface area (Å²) >= 11 is 3.50. The molecule has 0 aromatic heterocycles. The van der Waals surface area contributed by atoms with Crippen LogP contribution in [0.1, 0.15) is 25.0 Å². The Kier molecular flexibility index (Phi) is 3.65. The topological polar surface area (TPSA) is 58.6 Å². The fourth-order valence-corrected chi connectivity index (χ4v) is 3.39. The highest BCUT2D eigenvalue weighted by Crippen LogP contribution is 2.34. The number of amides is 2. The van der Waals surface area contributed by atoms with E-state index in [4.69, 9.17) is 4.74 Å². The number of carbonyl (C=O) groups is 2. The molecule has 2 amide bonds. The predicted molar refractivity (Wildman–Crippen MR) is 81.0 cm³/mol. The van der Waals surface area contributed by atoms with Gasteiger partial charge >= 0.3 is 0 Å². The van der Waals surface area contributed by atoms with Crippen molar-refractivity contribution in [1.82, 2.24) is 10.2 Å². The Morgan fingerprint density at radius 3 is 2.90 bits per heavy atom. The minimum Gasteiger partial charge on any atom is -0.493 e. The van der Waals surface area contributed by atoms with Crippen molar-refractivity contribution in [2.75, 3.05) is 6.61 Å². The van der Waals surface area contributed by atoms with E-state index in [1.165, 1.54) is 0 Å². The van der Waals surface area contributed by atoms with Crippen LogP contribution in [0.3, 0.4) is 0 Å². The van der Waals surface area contributed by atoms with E-state index in [2.05, 4.69) is 21.2 Å². The van der Waals surface area contributed by atoms with E-state index in [1.54, 1.807) is 18.7 Å². The summed E-state index contributed by atoms with van der Waals surface area (Å²) in [5.41, 5.74) is 2.09. The van der Waals surface area contributed by atoms with Gasteiger partial charge in [-0.3, -0.25) is 9.59 Å². The minimum atomic E-state index is -0.477. The second kappa shape index (κ2) is 5.33. The van der Waals surface area contributed by atoms with Crippen molar-refractivity contribution >= 4 is 27.7 Å². The Morgan fingerprint density at radius 2 is 2.14 bits per heavy atom. The van der Waals surface area contributed by atoms with Crippen LogP contribution in [0.25, 0.3) is 0 Å². The summed E-state index contributed by atoms with van der Waals surface area (Å²) in [4.78, 5) is 25.9. The zero-order valence-electron chi connectivity index (χ0n) is 12.0. The SMILES string of the molecule is CC1NC(=O)C(C)N(Cc2cc(Br)cc3c2OCC3)C1=O. The van der Waals surface area contributed by atoms with Crippen LogP contribution in [0.5, 0.6) is 5.75 Å². The van der Waals surface area contributed by atoms with E-state index in [9.17, 15) is 9.59 Å². The quantitative estimate of drug-likeness (QED) is 0.879. The number of carbonyl (C=O) groups excluding carboxylic acids is 2. The third-order valence-electron chi connectivity index (χ3n) is 4.03. The molecule has 3 rings (SSSR count). The van der Waals surface area contributed by atoms with Crippen LogP contribution < -0.4 is 10.1 Å². The summed E-state index contributed by atoms with van der Waals surface area (Å²) in [5.74, 6) is 0.681. The number of hydrogen-bond donors (Lipinski definition) is 1. The maximum absolute atomic E-state index is 12.3. The highest BCUT2D eigenvalue weighted by Gasteiger charge is 2.36. The van der Waals surface area contributed by atoms with Gasteiger partial charge in [-0.2, -0.15) is 0 Å². The van der Waals surface area contributed by atoms with Crippen molar-refractivity contribution in [2.24, 2.45) is 0 Å². The van der Waals surface area contributed by atoms with Gasteiger partial charge in [-0.1, -0.05) is 15.9 Å². The number of fused-ring (bicyclic) bond motifs is 1. The fraction of sp³-hybridized carbons (Fsp3) is 0.467. The van der Waals surface area contributed by atoms with Gasteiger partial charge in [-0.25, -0.2) is 0 Å². The predicted octanol–water partition coefficient (Wildman–Crippen LogP) is 1.62. The molecule has 0 spiro atoms. The molecule has 6 heteroatoms. The van der Waals surface area contributed by atoms with Crippen molar-refractivity contribution in [3.8, 4) is 5.75 Å². The Hall–Kier alpha value is -1.56. The van der Waals surface area contributed by atoms with Crippen LogP contribution in [-0.2, 0) is 22.6 Å². The summed E-state index contributed by atoms with van der Waals surface area (Å²) in [5, 5.41) is 2.69. The van der Waals surface area contributed by atoms with Crippen LogP contribution in [0.4, 0.5) is 0 Å². The Bertz CT molecular complexity index is 617. The minimum absolute atomic E-state index is 0.0613. The number of hydrogen-bond acceptors (Lipinski definition) is 3. The first-order valence-corrected chi connectivity index (χ1v) is 7.81. The average Bonchev–Trinajstić information content (AvgIpc) is 2.89. The average molecular weight is 353 g/mol. The molecule has 1 fully saturated rings. The molecule has 2 unspecified atom stereocenters. The molecule has 1 aromatic carbocycles. The van der Waals surface area contributed by atoms with Gasteiger partial charge in [0.25, 0.3) is 0 Å². The smallest absolute Gasteiger partial charge is 0.245 e. The summed E-state index contributed by atoms with van der Waals surface area (Å²) in [6.07, 6.45) is 0.877. The Balaban J connectivity index is 1.92. The molecular weight excluding hydrogens is 336 g/mol. The van der Waals surface area contributed by atoms with Crippen molar-refractivity contribution in [2.45, 2.75) is 38.9 Å². The van der Waals surface area contributed by atoms with E-state index >= 15 is 0 Å². The Labute approximate surface area is 131 Å². The number of halogens is 1. The van der Waals surface area contributed by atoms with Gasteiger partial charge in [0.2, 0.25) is 11.8 Å². The van der Waals surface area contributed by atoms with Crippen LogP contribution >= 0.6 is 15.9 Å². The third kappa shape index (κ3) is 2.52. The molecule has 5 nitrogen and oxygen atoms in total. The summed E-state index contributed by atoms with van der Waals surface area (Å²) in [6, 6.07) is 3.06. The largest absolute Gasteiger partial charge is 0.493 e. The van der Waals surface area contributed by atoms with E-state index in [0.717, 1.165) is 27.8 Å². The standard InChI is InChI=1S/C15H17BrN2O3/c1-8-15(20)18(9(2)14(19)17-8)7-11-6-12(16)5-10-3-4-21-13(10)11/h5-6,8-9H,3-4,7H2,1-2H3,(H,17,19). The molecule has 2 atom stereocenters. The molecule has 0 aliphatic carbocycles. The highest BCUT2D eigenvalue weighted by atomic mass is 79.9. The van der Waals surface area contributed by atoms with Gasteiger partial charge < -0.3 is 15.0 Å². The molecule has 0 bridgehead atoms. The second-order valence-corrected chi connectivity index (χ2v) is 6.44. The van der Waals surface area contributed by atoms with Gasteiger partial charge in [0.05, 0.1) is 13.2 Å². The van der Waals surface area contributed by atoms with E-state index < -0.39 is 12.1 Å². The number of ether oxygens (including phenoxy) is 1. The number of piperazine rings is 1. The van der Waals surface area contributed by atoms with Crippen molar-refractivity contribution < 1.29 is 14.3 Å².